The molecule has 2 aromatic rings. The summed E-state index contributed by atoms with van der Waals surface area (Å²) >= 11 is 0. The first-order chi connectivity index (χ1) is 12.6. The highest BCUT2D eigenvalue weighted by Gasteiger charge is 2.42. The van der Waals surface area contributed by atoms with Crippen LogP contribution in [0.2, 0.25) is 0 Å². The quantitative estimate of drug-likeness (QED) is 0.744. The molecule has 6 nitrogen and oxygen atoms in total. The molecule has 2 heterocycles. The van der Waals surface area contributed by atoms with Crippen LogP contribution in [-0.2, 0) is 11.2 Å². The number of nitrogens with zero attached hydrogens (tertiary/aromatic N) is 2. The van der Waals surface area contributed by atoms with Gasteiger partial charge < -0.3 is 25.0 Å². The van der Waals surface area contributed by atoms with Crippen molar-refractivity contribution in [2.24, 2.45) is 5.92 Å². The number of carbonyl (C=O) groups is 1. The zero-order valence-corrected chi connectivity index (χ0v) is 15.2. The number of carbonyl (C=O) groups excluding carboxylic acids is 1. The summed E-state index contributed by atoms with van der Waals surface area (Å²) in [6.45, 7) is 1.14. The van der Waals surface area contributed by atoms with Crippen LogP contribution in [-0.4, -0.2) is 76.8 Å². The van der Waals surface area contributed by atoms with Gasteiger partial charge >= 0.3 is 0 Å². The molecule has 1 unspecified atom stereocenters. The number of benzene rings is 1. The topological polar surface area (TPSA) is 79.8 Å². The lowest BCUT2D eigenvalue weighted by molar-refractivity contribution is -0.139. The van der Waals surface area contributed by atoms with Crippen molar-refractivity contribution in [2.75, 3.05) is 39.9 Å². The van der Waals surface area contributed by atoms with E-state index in [0.717, 1.165) is 19.4 Å². The third-order valence-electron chi connectivity index (χ3n) is 6.13. The van der Waals surface area contributed by atoms with Gasteiger partial charge in [0.05, 0.1) is 19.1 Å². The largest absolute Gasteiger partial charge is 0.395 e. The molecule has 140 valence electrons. The van der Waals surface area contributed by atoms with E-state index in [4.69, 9.17) is 0 Å². The van der Waals surface area contributed by atoms with Gasteiger partial charge in [0.25, 0.3) is 0 Å². The van der Waals surface area contributed by atoms with E-state index in [1.54, 1.807) is 4.90 Å². The molecule has 1 aromatic carbocycles. The summed E-state index contributed by atoms with van der Waals surface area (Å²) in [5.41, 5.74) is 3.89. The first-order valence-electron chi connectivity index (χ1n) is 9.43. The number of amides is 1. The lowest BCUT2D eigenvalue weighted by atomic mass is 9.72. The normalized spacial score (nSPS) is 25.3. The van der Waals surface area contributed by atoms with Crippen LogP contribution < -0.4 is 0 Å². The summed E-state index contributed by atoms with van der Waals surface area (Å²) < 4.78 is 0. The Morgan fingerprint density at radius 3 is 2.81 bits per heavy atom. The molecule has 0 radical (unpaired) electrons. The van der Waals surface area contributed by atoms with Gasteiger partial charge in [-0.15, -0.1) is 0 Å². The number of fused-ring (bicyclic) bond motifs is 2. The van der Waals surface area contributed by atoms with Crippen LogP contribution in [0.3, 0.4) is 0 Å². The van der Waals surface area contributed by atoms with Crippen LogP contribution in [0.25, 0.3) is 10.9 Å². The van der Waals surface area contributed by atoms with Crippen molar-refractivity contribution >= 4 is 16.8 Å². The Morgan fingerprint density at radius 1 is 1.31 bits per heavy atom. The van der Waals surface area contributed by atoms with Crippen molar-refractivity contribution in [1.29, 1.82) is 0 Å². The number of piperidine rings is 1. The molecule has 1 saturated heterocycles. The number of likely N-dealkylation sites (N-methyl/N-ethyl adjacent to an activating group) is 1. The van der Waals surface area contributed by atoms with E-state index in [1.807, 2.05) is 0 Å². The minimum absolute atomic E-state index is 0.0467. The van der Waals surface area contributed by atoms with Crippen LogP contribution >= 0.6 is 0 Å². The first-order valence-corrected chi connectivity index (χ1v) is 9.43. The van der Waals surface area contributed by atoms with Gasteiger partial charge in [-0.25, -0.2) is 0 Å². The molecule has 2 aliphatic rings. The van der Waals surface area contributed by atoms with Crippen LogP contribution in [0.5, 0.6) is 0 Å². The highest BCUT2D eigenvalue weighted by atomic mass is 16.3. The fourth-order valence-corrected chi connectivity index (χ4v) is 4.95. The standard InChI is InChI=1S/C20H27N3O3/c1-22-12-14(20(26)23(5-7-24)6-8-25)9-16-15-3-2-4-17-19(15)13(11-21-17)10-18(16)22/h2-4,11,14,16,18,21,24-25H,5-10,12H2,1H3/t14-,16?,18-/m1/s1. The molecule has 1 fully saturated rings. The van der Waals surface area contributed by atoms with Gasteiger partial charge in [0, 0.05) is 48.7 Å². The van der Waals surface area contributed by atoms with Crippen molar-refractivity contribution in [1.82, 2.24) is 14.8 Å². The molecule has 1 aromatic heterocycles. The van der Waals surface area contributed by atoms with Crippen molar-refractivity contribution < 1.29 is 15.0 Å². The molecule has 26 heavy (non-hydrogen) atoms. The number of rotatable bonds is 5. The summed E-state index contributed by atoms with van der Waals surface area (Å²) in [5.74, 6) is 0.278. The number of hydrogen-bond acceptors (Lipinski definition) is 4. The molecule has 0 saturated carbocycles. The molecule has 0 spiro atoms. The highest BCUT2D eigenvalue weighted by molar-refractivity contribution is 5.88. The van der Waals surface area contributed by atoms with E-state index < -0.39 is 0 Å². The van der Waals surface area contributed by atoms with Gasteiger partial charge in [-0.3, -0.25) is 4.79 Å². The molecule has 1 aliphatic carbocycles. The van der Waals surface area contributed by atoms with Crippen molar-refractivity contribution in [2.45, 2.75) is 24.8 Å². The third-order valence-corrected chi connectivity index (χ3v) is 6.13. The van der Waals surface area contributed by atoms with Crippen LogP contribution in [0.4, 0.5) is 0 Å². The summed E-state index contributed by atoms with van der Waals surface area (Å²) in [4.78, 5) is 20.3. The number of aliphatic hydroxyl groups is 2. The molecule has 4 rings (SSSR count). The van der Waals surface area contributed by atoms with E-state index in [2.05, 4.69) is 41.3 Å². The predicted molar refractivity (Wildman–Crippen MR) is 100 cm³/mol. The maximum absolute atomic E-state index is 13.0. The monoisotopic (exact) mass is 357 g/mol. The molecular formula is C20H27N3O3. The van der Waals surface area contributed by atoms with Gasteiger partial charge in [-0.05, 0) is 37.1 Å². The SMILES string of the molecule is CN1C[C@H](C(=O)N(CCO)CCO)CC2c3cccc4[nH]cc(c34)C[C@H]21. The lowest BCUT2D eigenvalue weighted by Gasteiger charge is -2.45. The smallest absolute Gasteiger partial charge is 0.227 e. The predicted octanol–water partition coefficient (Wildman–Crippen LogP) is 0.941. The second-order valence-electron chi connectivity index (χ2n) is 7.61. The maximum Gasteiger partial charge on any atom is 0.227 e. The van der Waals surface area contributed by atoms with Gasteiger partial charge in [0.15, 0.2) is 0 Å². The van der Waals surface area contributed by atoms with Crippen molar-refractivity contribution in [3.8, 4) is 0 Å². The van der Waals surface area contributed by atoms with Gasteiger partial charge in [-0.1, -0.05) is 12.1 Å². The average Bonchev–Trinajstić information content (AvgIpc) is 3.06. The Bertz CT molecular complexity index is 797. The molecular weight excluding hydrogens is 330 g/mol. The zero-order valence-electron chi connectivity index (χ0n) is 15.2. The van der Waals surface area contributed by atoms with E-state index in [1.165, 1.54) is 22.0 Å². The van der Waals surface area contributed by atoms with Crippen LogP contribution in [0.1, 0.15) is 23.5 Å². The fourth-order valence-electron chi connectivity index (χ4n) is 4.95. The van der Waals surface area contributed by atoms with Crippen LogP contribution in [0.15, 0.2) is 24.4 Å². The second-order valence-corrected chi connectivity index (χ2v) is 7.61. The summed E-state index contributed by atoms with van der Waals surface area (Å²) in [7, 11) is 2.11. The molecule has 3 N–H and O–H groups in total. The minimum atomic E-state index is -0.102. The van der Waals surface area contributed by atoms with Crippen LogP contribution in [0, 0.1) is 5.92 Å². The summed E-state index contributed by atoms with van der Waals surface area (Å²) in [6, 6.07) is 6.82. The minimum Gasteiger partial charge on any atom is -0.395 e. The number of likely N-dealkylation sites (tertiary alicyclic amines) is 1. The molecule has 0 bridgehead atoms. The second kappa shape index (κ2) is 7.02. The molecule has 1 amide bonds. The molecule has 3 atom stereocenters. The van der Waals surface area contributed by atoms with Gasteiger partial charge in [0.1, 0.15) is 0 Å². The lowest BCUT2D eigenvalue weighted by Crippen LogP contribution is -2.52. The Balaban J connectivity index is 1.63. The van der Waals surface area contributed by atoms with E-state index in [0.29, 0.717) is 12.0 Å². The number of aliphatic hydroxyl groups excluding tert-OH is 2. The Kier molecular flexibility index (Phi) is 4.73. The summed E-state index contributed by atoms with van der Waals surface area (Å²) in [6.07, 6.45) is 3.96. The number of nitrogens with one attached hydrogen (secondary N) is 1. The molecule has 1 aliphatic heterocycles. The zero-order chi connectivity index (χ0) is 18.3. The number of hydrogen-bond donors (Lipinski definition) is 3. The third kappa shape index (κ3) is 2.82. The Morgan fingerprint density at radius 2 is 2.08 bits per heavy atom. The first kappa shape index (κ1) is 17.5. The Hall–Kier alpha value is -1.89. The highest BCUT2D eigenvalue weighted by Crippen LogP contribution is 2.44. The number of aromatic amines is 1. The summed E-state index contributed by atoms with van der Waals surface area (Å²) in [5, 5.41) is 19.8. The number of aromatic nitrogens is 1. The van der Waals surface area contributed by atoms with E-state index >= 15 is 0 Å². The van der Waals surface area contributed by atoms with Gasteiger partial charge in [0.2, 0.25) is 5.91 Å². The van der Waals surface area contributed by atoms with E-state index in [9.17, 15) is 15.0 Å². The Labute approximate surface area is 153 Å². The van der Waals surface area contributed by atoms with Crippen molar-refractivity contribution in [3.05, 3.63) is 35.5 Å². The maximum atomic E-state index is 13.0. The fraction of sp³-hybridized carbons (Fsp3) is 0.550. The number of H-pyrrole nitrogens is 1. The average molecular weight is 357 g/mol. The van der Waals surface area contributed by atoms with Gasteiger partial charge in [-0.2, -0.15) is 0 Å². The van der Waals surface area contributed by atoms with E-state index in [-0.39, 0.29) is 38.1 Å². The van der Waals surface area contributed by atoms with Crippen molar-refractivity contribution in [3.63, 3.8) is 0 Å². The molecule has 6 heteroatoms.